The summed E-state index contributed by atoms with van der Waals surface area (Å²) in [5, 5.41) is 8.14. The summed E-state index contributed by atoms with van der Waals surface area (Å²) in [5.74, 6) is 0.854. The number of rotatable bonds is 3. The first-order valence-corrected chi connectivity index (χ1v) is 9.71. The lowest BCUT2D eigenvalue weighted by Gasteiger charge is -2.13. The van der Waals surface area contributed by atoms with Crippen LogP contribution in [0.2, 0.25) is 0 Å². The van der Waals surface area contributed by atoms with Crippen molar-refractivity contribution in [1.29, 1.82) is 0 Å². The molecule has 158 valence electrons. The highest BCUT2D eigenvalue weighted by Gasteiger charge is 2.16. The van der Waals surface area contributed by atoms with Crippen LogP contribution < -0.4 is 5.32 Å². The molecule has 0 saturated heterocycles. The molecular weight excluding hydrogens is 433 g/mol. The molecule has 0 fully saturated rings. The third kappa shape index (κ3) is 3.61. The first-order chi connectivity index (χ1) is 14.4. The number of halogens is 2. The quantitative estimate of drug-likeness (QED) is 0.447. The van der Waals surface area contributed by atoms with Crippen LogP contribution in [0, 0.1) is 0 Å². The molecule has 7 nitrogen and oxygen atoms in total. The lowest BCUT2D eigenvalue weighted by Crippen LogP contribution is -2.28. The Balaban J connectivity index is 0.00000116. The van der Waals surface area contributed by atoms with Gasteiger partial charge in [0.2, 0.25) is 0 Å². The van der Waals surface area contributed by atoms with Crippen LogP contribution in [0.25, 0.3) is 33.9 Å². The van der Waals surface area contributed by atoms with Crippen LogP contribution in [0.1, 0.15) is 5.69 Å². The van der Waals surface area contributed by atoms with Crippen molar-refractivity contribution in [2.45, 2.75) is 13.1 Å². The predicted octanol–water partition coefficient (Wildman–Crippen LogP) is 4.02. The molecular formula is C22H21Cl2N7. The van der Waals surface area contributed by atoms with E-state index in [4.69, 9.17) is 5.10 Å². The van der Waals surface area contributed by atoms with E-state index in [1.165, 1.54) is 5.69 Å². The maximum absolute atomic E-state index is 4.75. The van der Waals surface area contributed by atoms with Gasteiger partial charge in [0.1, 0.15) is 12.0 Å². The summed E-state index contributed by atoms with van der Waals surface area (Å²) in [6.45, 7) is 2.69. The summed E-state index contributed by atoms with van der Waals surface area (Å²) >= 11 is 0. The van der Waals surface area contributed by atoms with Crippen LogP contribution in [0.3, 0.4) is 0 Å². The smallest absolute Gasteiger partial charge is 0.165 e. The van der Waals surface area contributed by atoms with Crippen molar-refractivity contribution < 1.29 is 0 Å². The molecule has 5 aromatic rings. The molecule has 9 heteroatoms. The van der Waals surface area contributed by atoms with E-state index in [-0.39, 0.29) is 24.8 Å². The minimum Gasteiger partial charge on any atom is -0.309 e. The van der Waals surface area contributed by atoms with Crippen LogP contribution in [0.5, 0.6) is 0 Å². The number of para-hydroxylation sites is 2. The SMILES string of the molecule is Cl.Cl.c1ccc2c(c1)ncn2-c1ccc(-n2ccnc2-c2cc3n(n2)CCNC3)cc1. The molecule has 31 heavy (non-hydrogen) atoms. The maximum atomic E-state index is 4.75. The normalized spacial score (nSPS) is 12.8. The van der Waals surface area contributed by atoms with Crippen LogP contribution in [0.4, 0.5) is 0 Å². The largest absolute Gasteiger partial charge is 0.309 e. The van der Waals surface area contributed by atoms with Gasteiger partial charge in [-0.3, -0.25) is 13.8 Å². The van der Waals surface area contributed by atoms with Crippen LogP contribution in [-0.4, -0.2) is 35.4 Å². The molecule has 4 heterocycles. The van der Waals surface area contributed by atoms with Crippen molar-refractivity contribution in [1.82, 2.24) is 34.2 Å². The lowest BCUT2D eigenvalue weighted by atomic mass is 10.2. The van der Waals surface area contributed by atoms with E-state index < -0.39 is 0 Å². The van der Waals surface area contributed by atoms with Gasteiger partial charge in [0.15, 0.2) is 5.82 Å². The van der Waals surface area contributed by atoms with E-state index in [0.29, 0.717) is 0 Å². The van der Waals surface area contributed by atoms with E-state index in [0.717, 1.165) is 53.6 Å². The van der Waals surface area contributed by atoms with Crippen LogP contribution in [-0.2, 0) is 13.1 Å². The second-order valence-corrected chi connectivity index (χ2v) is 7.16. The van der Waals surface area contributed by atoms with Crippen molar-refractivity contribution >= 4 is 35.8 Å². The molecule has 3 aromatic heterocycles. The van der Waals surface area contributed by atoms with Gasteiger partial charge >= 0.3 is 0 Å². The predicted molar refractivity (Wildman–Crippen MR) is 126 cm³/mol. The molecule has 6 rings (SSSR count). The maximum Gasteiger partial charge on any atom is 0.165 e. The van der Waals surface area contributed by atoms with Crippen molar-refractivity contribution in [2.24, 2.45) is 0 Å². The van der Waals surface area contributed by atoms with Crippen molar-refractivity contribution in [2.75, 3.05) is 6.54 Å². The molecule has 0 atom stereocenters. The van der Waals surface area contributed by atoms with E-state index in [9.17, 15) is 0 Å². The highest BCUT2D eigenvalue weighted by atomic mass is 35.5. The van der Waals surface area contributed by atoms with Gasteiger partial charge in [0, 0.05) is 36.9 Å². The fourth-order valence-corrected chi connectivity index (χ4v) is 3.94. The number of fused-ring (bicyclic) bond motifs is 2. The number of hydrogen-bond acceptors (Lipinski definition) is 4. The van der Waals surface area contributed by atoms with Gasteiger partial charge < -0.3 is 5.32 Å². The zero-order valence-electron chi connectivity index (χ0n) is 16.5. The Labute approximate surface area is 191 Å². The third-order valence-corrected chi connectivity index (χ3v) is 5.40. The monoisotopic (exact) mass is 453 g/mol. The Hall–Kier alpha value is -3.13. The van der Waals surface area contributed by atoms with Crippen molar-refractivity contribution in [3.05, 3.63) is 79.0 Å². The molecule has 0 bridgehead atoms. The zero-order valence-corrected chi connectivity index (χ0v) is 18.2. The number of nitrogens with zero attached hydrogens (tertiary/aromatic N) is 6. The Bertz CT molecular complexity index is 1290. The Kier molecular flexibility index (Phi) is 5.82. The first kappa shape index (κ1) is 21.1. The van der Waals surface area contributed by atoms with Gasteiger partial charge in [-0.25, -0.2) is 9.97 Å². The number of imidazole rings is 2. The average molecular weight is 454 g/mol. The minimum absolute atomic E-state index is 0. The molecule has 1 N–H and O–H groups in total. The van der Waals surface area contributed by atoms with Crippen molar-refractivity contribution in [3.63, 3.8) is 0 Å². The van der Waals surface area contributed by atoms with E-state index in [1.807, 2.05) is 36.9 Å². The van der Waals surface area contributed by atoms with E-state index in [1.54, 1.807) is 0 Å². The number of aromatic nitrogens is 6. The highest BCUT2D eigenvalue weighted by Crippen LogP contribution is 2.24. The number of hydrogen-bond donors (Lipinski definition) is 1. The lowest BCUT2D eigenvalue weighted by molar-refractivity contribution is 0.476. The fourth-order valence-electron chi connectivity index (χ4n) is 3.94. The molecule has 0 spiro atoms. The Morgan fingerprint density at radius 2 is 1.65 bits per heavy atom. The third-order valence-electron chi connectivity index (χ3n) is 5.40. The van der Waals surface area contributed by atoms with Gasteiger partial charge in [-0.2, -0.15) is 5.10 Å². The van der Waals surface area contributed by atoms with Gasteiger partial charge in [-0.1, -0.05) is 12.1 Å². The Morgan fingerprint density at radius 3 is 2.45 bits per heavy atom. The second kappa shape index (κ2) is 8.55. The highest BCUT2D eigenvalue weighted by molar-refractivity contribution is 5.85. The van der Waals surface area contributed by atoms with Crippen LogP contribution >= 0.6 is 24.8 Å². The van der Waals surface area contributed by atoms with E-state index in [2.05, 4.69) is 65.5 Å². The van der Waals surface area contributed by atoms with Gasteiger partial charge in [0.05, 0.1) is 23.3 Å². The molecule has 0 aliphatic carbocycles. The van der Waals surface area contributed by atoms with Gasteiger partial charge in [0.25, 0.3) is 0 Å². The van der Waals surface area contributed by atoms with Gasteiger partial charge in [-0.05, 0) is 42.5 Å². The average Bonchev–Trinajstić information content (AvgIpc) is 3.50. The molecule has 1 aliphatic rings. The zero-order chi connectivity index (χ0) is 19.2. The molecule has 0 amide bonds. The molecule has 0 radical (unpaired) electrons. The molecule has 0 unspecified atom stereocenters. The number of nitrogens with one attached hydrogen (secondary N) is 1. The number of benzene rings is 2. The summed E-state index contributed by atoms with van der Waals surface area (Å²) in [5.41, 5.74) is 6.32. The summed E-state index contributed by atoms with van der Waals surface area (Å²) in [4.78, 5) is 9.06. The van der Waals surface area contributed by atoms with Crippen molar-refractivity contribution in [3.8, 4) is 22.9 Å². The van der Waals surface area contributed by atoms with E-state index >= 15 is 0 Å². The first-order valence-electron chi connectivity index (χ1n) is 9.71. The molecule has 1 aliphatic heterocycles. The Morgan fingerprint density at radius 1 is 0.871 bits per heavy atom. The molecule has 2 aromatic carbocycles. The van der Waals surface area contributed by atoms with Gasteiger partial charge in [-0.15, -0.1) is 24.8 Å². The summed E-state index contributed by atoms with van der Waals surface area (Å²) in [6.07, 6.45) is 5.67. The second-order valence-electron chi connectivity index (χ2n) is 7.16. The summed E-state index contributed by atoms with van der Waals surface area (Å²) in [6, 6.07) is 18.7. The summed E-state index contributed by atoms with van der Waals surface area (Å²) < 4.78 is 6.25. The summed E-state index contributed by atoms with van der Waals surface area (Å²) in [7, 11) is 0. The van der Waals surface area contributed by atoms with Crippen LogP contribution in [0.15, 0.2) is 73.3 Å². The molecule has 0 saturated carbocycles. The minimum atomic E-state index is 0. The standard InChI is InChI=1S/C22H19N7.2ClH/c1-2-4-21-19(3-1)25-15-28(21)17-7-5-16(6-8-17)27-11-10-24-22(27)20-13-18-14-23-9-12-29(18)26-20;;/h1-8,10-11,13,15,23H,9,12,14H2;2*1H. The fraction of sp³-hybridized carbons (Fsp3) is 0.136. The topological polar surface area (TPSA) is 65.5 Å².